The Hall–Kier alpha value is -1.59. The van der Waals surface area contributed by atoms with Gasteiger partial charge < -0.3 is 10.3 Å². The molecular weight excluding hydrogens is 264 g/mol. The number of aromatic amines is 1. The van der Waals surface area contributed by atoms with Crippen LogP contribution in [0, 0.1) is 5.92 Å². The average Bonchev–Trinajstić information content (AvgIpc) is 2.82. The number of anilines is 1. The van der Waals surface area contributed by atoms with Crippen molar-refractivity contribution < 1.29 is 4.79 Å². The quantitative estimate of drug-likeness (QED) is 0.787. The van der Waals surface area contributed by atoms with Gasteiger partial charge >= 0.3 is 0 Å². The van der Waals surface area contributed by atoms with Crippen molar-refractivity contribution in [3.63, 3.8) is 0 Å². The van der Waals surface area contributed by atoms with E-state index in [4.69, 9.17) is 0 Å². The maximum atomic E-state index is 12.0. The highest BCUT2D eigenvalue weighted by molar-refractivity contribution is 5.92. The maximum Gasteiger partial charge on any atom is 0.231 e. The number of amides is 1. The maximum absolute atomic E-state index is 12.0. The van der Waals surface area contributed by atoms with Crippen LogP contribution < -0.4 is 10.6 Å². The van der Waals surface area contributed by atoms with Gasteiger partial charge in [-0.2, -0.15) is 0 Å². The van der Waals surface area contributed by atoms with Crippen molar-refractivity contribution >= 4 is 35.3 Å². The van der Waals surface area contributed by atoms with E-state index in [9.17, 15) is 4.79 Å². The average molecular weight is 281 g/mol. The van der Waals surface area contributed by atoms with Crippen LogP contribution in [0.2, 0.25) is 0 Å². The van der Waals surface area contributed by atoms with E-state index in [1.165, 1.54) is 0 Å². The van der Waals surface area contributed by atoms with Gasteiger partial charge in [-0.05, 0) is 31.5 Å². The minimum Gasteiger partial charge on any atom is -0.324 e. The molecule has 0 aliphatic carbocycles. The van der Waals surface area contributed by atoms with Crippen LogP contribution in [-0.4, -0.2) is 29.0 Å². The van der Waals surface area contributed by atoms with Crippen LogP contribution in [0.15, 0.2) is 24.3 Å². The Labute approximate surface area is 117 Å². The van der Waals surface area contributed by atoms with Crippen molar-refractivity contribution in [3.8, 4) is 0 Å². The molecule has 19 heavy (non-hydrogen) atoms. The fraction of sp³-hybridized carbons (Fsp3) is 0.385. The number of carbonyl (C=O) groups excluding carboxylic acids is 1. The molecule has 1 fully saturated rings. The molecule has 0 bridgehead atoms. The normalized spacial score (nSPS) is 18.8. The number of piperidine rings is 1. The van der Waals surface area contributed by atoms with Crippen molar-refractivity contribution in [1.82, 2.24) is 15.3 Å². The topological polar surface area (TPSA) is 69.8 Å². The first-order valence-electron chi connectivity index (χ1n) is 6.29. The molecule has 5 nitrogen and oxygen atoms in total. The molecule has 0 saturated carbocycles. The molecular formula is C13H17ClN4O. The monoisotopic (exact) mass is 280 g/mol. The molecule has 3 N–H and O–H groups in total. The smallest absolute Gasteiger partial charge is 0.231 e. The molecule has 0 spiro atoms. The van der Waals surface area contributed by atoms with Crippen molar-refractivity contribution in [2.45, 2.75) is 12.8 Å². The molecule has 6 heteroatoms. The second-order valence-electron chi connectivity index (χ2n) is 4.64. The van der Waals surface area contributed by atoms with E-state index in [1.807, 2.05) is 24.3 Å². The van der Waals surface area contributed by atoms with E-state index >= 15 is 0 Å². The molecule has 0 radical (unpaired) electrons. The minimum atomic E-state index is 0. The molecule has 1 aliphatic heterocycles. The Kier molecular flexibility index (Phi) is 4.39. The summed E-state index contributed by atoms with van der Waals surface area (Å²) in [5.41, 5.74) is 1.81. The van der Waals surface area contributed by atoms with Gasteiger partial charge in [0.15, 0.2) is 0 Å². The molecule has 1 atom stereocenters. The number of fused-ring (bicyclic) bond motifs is 1. The van der Waals surface area contributed by atoms with Gasteiger partial charge in [-0.3, -0.25) is 10.1 Å². The molecule has 1 aliphatic rings. The Bertz CT molecular complexity index is 530. The number of benzene rings is 1. The number of para-hydroxylation sites is 2. The van der Waals surface area contributed by atoms with E-state index in [-0.39, 0.29) is 24.2 Å². The van der Waals surface area contributed by atoms with Gasteiger partial charge in [0.25, 0.3) is 0 Å². The summed E-state index contributed by atoms with van der Waals surface area (Å²) in [4.78, 5) is 19.5. The number of hydrogen-bond acceptors (Lipinski definition) is 3. The number of hydrogen-bond donors (Lipinski definition) is 3. The van der Waals surface area contributed by atoms with Gasteiger partial charge in [0, 0.05) is 6.54 Å². The van der Waals surface area contributed by atoms with E-state index < -0.39 is 0 Å². The Morgan fingerprint density at radius 2 is 2.21 bits per heavy atom. The SMILES string of the molecule is Cl.O=C(Nc1nc2ccccc2[nH]1)[C@@H]1CCCNC1. The fourth-order valence-electron chi connectivity index (χ4n) is 2.31. The van der Waals surface area contributed by atoms with Gasteiger partial charge in [-0.1, -0.05) is 12.1 Å². The summed E-state index contributed by atoms with van der Waals surface area (Å²) < 4.78 is 0. The minimum absolute atomic E-state index is 0. The predicted octanol–water partition coefficient (Wildman–Crippen LogP) is 1.92. The molecule has 1 amide bonds. The first-order chi connectivity index (χ1) is 8.83. The van der Waals surface area contributed by atoms with Crippen molar-refractivity contribution in [1.29, 1.82) is 0 Å². The Morgan fingerprint density at radius 3 is 2.95 bits per heavy atom. The summed E-state index contributed by atoms with van der Waals surface area (Å²) in [7, 11) is 0. The van der Waals surface area contributed by atoms with E-state index in [2.05, 4.69) is 20.6 Å². The number of aromatic nitrogens is 2. The first kappa shape index (κ1) is 13.8. The first-order valence-corrected chi connectivity index (χ1v) is 6.29. The molecule has 1 aromatic carbocycles. The van der Waals surface area contributed by atoms with Gasteiger partial charge in [0.2, 0.25) is 11.9 Å². The zero-order valence-electron chi connectivity index (χ0n) is 10.5. The number of nitrogens with one attached hydrogen (secondary N) is 3. The van der Waals surface area contributed by atoms with Crippen LogP contribution in [0.5, 0.6) is 0 Å². The van der Waals surface area contributed by atoms with E-state index in [0.717, 1.165) is 37.0 Å². The van der Waals surface area contributed by atoms with Gasteiger partial charge in [0.1, 0.15) is 0 Å². The Morgan fingerprint density at radius 1 is 1.37 bits per heavy atom. The molecule has 3 rings (SSSR count). The van der Waals surface area contributed by atoms with Crippen molar-refractivity contribution in [3.05, 3.63) is 24.3 Å². The zero-order chi connectivity index (χ0) is 12.4. The van der Waals surface area contributed by atoms with E-state index in [1.54, 1.807) is 0 Å². The van der Waals surface area contributed by atoms with Crippen molar-refractivity contribution in [2.75, 3.05) is 18.4 Å². The summed E-state index contributed by atoms with van der Waals surface area (Å²) in [5.74, 6) is 0.625. The molecule has 0 unspecified atom stereocenters. The molecule has 1 aromatic heterocycles. The lowest BCUT2D eigenvalue weighted by molar-refractivity contribution is -0.120. The molecule has 102 valence electrons. The van der Waals surface area contributed by atoms with Crippen molar-refractivity contribution in [2.24, 2.45) is 5.92 Å². The number of imidazole rings is 1. The number of nitrogens with zero attached hydrogens (tertiary/aromatic N) is 1. The predicted molar refractivity (Wildman–Crippen MR) is 77.6 cm³/mol. The summed E-state index contributed by atoms with van der Waals surface area (Å²) >= 11 is 0. The third-order valence-electron chi connectivity index (χ3n) is 3.30. The number of rotatable bonds is 2. The second-order valence-corrected chi connectivity index (χ2v) is 4.64. The van der Waals surface area contributed by atoms with Crippen LogP contribution >= 0.6 is 12.4 Å². The lowest BCUT2D eigenvalue weighted by Crippen LogP contribution is -2.37. The van der Waals surface area contributed by atoms with Gasteiger partial charge in [-0.15, -0.1) is 12.4 Å². The largest absolute Gasteiger partial charge is 0.324 e. The standard InChI is InChI=1S/C13H16N4O.ClH/c18-12(9-4-3-7-14-8-9)17-13-15-10-5-1-2-6-11(10)16-13;/h1-2,5-6,9,14H,3-4,7-8H2,(H2,15,16,17,18);1H/t9-;/m1./s1. The summed E-state index contributed by atoms with van der Waals surface area (Å²) in [6.07, 6.45) is 2.00. The number of halogens is 1. The summed E-state index contributed by atoms with van der Waals surface area (Å²) in [5, 5.41) is 6.09. The van der Waals surface area contributed by atoms with Crippen LogP contribution in [-0.2, 0) is 4.79 Å². The zero-order valence-corrected chi connectivity index (χ0v) is 11.3. The molecule has 2 aromatic rings. The molecule has 2 heterocycles. The third kappa shape index (κ3) is 3.05. The highest BCUT2D eigenvalue weighted by Crippen LogP contribution is 2.16. The lowest BCUT2D eigenvalue weighted by atomic mass is 9.99. The highest BCUT2D eigenvalue weighted by atomic mass is 35.5. The van der Waals surface area contributed by atoms with E-state index in [0.29, 0.717) is 5.95 Å². The van der Waals surface area contributed by atoms with Crippen LogP contribution in [0.1, 0.15) is 12.8 Å². The fourth-order valence-corrected chi connectivity index (χ4v) is 2.31. The number of H-pyrrole nitrogens is 1. The highest BCUT2D eigenvalue weighted by Gasteiger charge is 2.21. The Balaban J connectivity index is 0.00000133. The van der Waals surface area contributed by atoms with Gasteiger partial charge in [-0.25, -0.2) is 4.98 Å². The van der Waals surface area contributed by atoms with Crippen LogP contribution in [0.4, 0.5) is 5.95 Å². The third-order valence-corrected chi connectivity index (χ3v) is 3.30. The summed E-state index contributed by atoms with van der Waals surface area (Å²) in [6.45, 7) is 1.76. The van der Waals surface area contributed by atoms with Crippen LogP contribution in [0.3, 0.4) is 0 Å². The summed E-state index contributed by atoms with van der Waals surface area (Å²) in [6, 6.07) is 7.74. The molecule has 1 saturated heterocycles. The lowest BCUT2D eigenvalue weighted by Gasteiger charge is -2.21. The second kappa shape index (κ2) is 6.04. The van der Waals surface area contributed by atoms with Crippen LogP contribution in [0.25, 0.3) is 11.0 Å². The van der Waals surface area contributed by atoms with Gasteiger partial charge in [0.05, 0.1) is 17.0 Å². The number of carbonyl (C=O) groups is 1.